The third-order valence-corrected chi connectivity index (χ3v) is 5.90. The fourth-order valence-corrected chi connectivity index (χ4v) is 4.26. The van der Waals surface area contributed by atoms with Gasteiger partial charge < -0.3 is 9.84 Å². The zero-order chi connectivity index (χ0) is 22.5. The fourth-order valence-electron chi connectivity index (χ4n) is 2.95. The molecular formula is C23H19Br2ClN2O3. The van der Waals surface area contributed by atoms with E-state index in [2.05, 4.69) is 42.4 Å². The summed E-state index contributed by atoms with van der Waals surface area (Å²) < 4.78 is 6.82. The van der Waals surface area contributed by atoms with Gasteiger partial charge >= 0.3 is 0 Å². The molecule has 0 saturated heterocycles. The van der Waals surface area contributed by atoms with Crippen LogP contribution in [0.5, 0.6) is 11.5 Å². The molecule has 0 unspecified atom stereocenters. The van der Waals surface area contributed by atoms with E-state index in [-0.39, 0.29) is 5.75 Å². The molecule has 3 rings (SSSR count). The number of phenolic OH excluding ortho intramolecular Hbond substituents is 1. The van der Waals surface area contributed by atoms with E-state index >= 15 is 0 Å². The Bertz CT molecular complexity index is 1100. The summed E-state index contributed by atoms with van der Waals surface area (Å²) in [5.74, 6) is 0.452. The fraction of sp³-hybridized carbons (Fsp3) is 0.130. The van der Waals surface area contributed by atoms with Gasteiger partial charge in [0.15, 0.2) is 0 Å². The zero-order valence-electron chi connectivity index (χ0n) is 16.7. The minimum absolute atomic E-state index is 0.0318. The van der Waals surface area contributed by atoms with E-state index in [0.29, 0.717) is 26.1 Å². The number of phenols is 1. The van der Waals surface area contributed by atoms with Crippen LogP contribution in [0.4, 0.5) is 0 Å². The van der Waals surface area contributed by atoms with Gasteiger partial charge in [0.25, 0.3) is 5.91 Å². The molecule has 160 valence electrons. The maximum absolute atomic E-state index is 12.3. The molecule has 0 aromatic heterocycles. The van der Waals surface area contributed by atoms with Gasteiger partial charge in [0.05, 0.1) is 15.2 Å². The quantitative estimate of drug-likeness (QED) is 0.263. The summed E-state index contributed by atoms with van der Waals surface area (Å²) in [5, 5.41) is 14.5. The van der Waals surface area contributed by atoms with Crippen LogP contribution in [0.25, 0.3) is 0 Å². The summed E-state index contributed by atoms with van der Waals surface area (Å²) in [6, 6.07) is 14.5. The summed E-state index contributed by atoms with van der Waals surface area (Å²) >= 11 is 12.3. The summed E-state index contributed by atoms with van der Waals surface area (Å²) in [6.07, 6.45) is 1.57. The predicted octanol–water partition coefficient (Wildman–Crippen LogP) is 6.53. The SMILES string of the molecule is Cc1cc(/C=N\NC(=O)c2cc(Br)c(O)c(Br)c2)cc(C)c1OCc1ccc(Cl)cc1. The van der Waals surface area contributed by atoms with Gasteiger partial charge in [-0.25, -0.2) is 5.43 Å². The van der Waals surface area contributed by atoms with Crippen LogP contribution < -0.4 is 10.2 Å². The lowest BCUT2D eigenvalue weighted by atomic mass is 10.1. The van der Waals surface area contributed by atoms with Crippen molar-refractivity contribution in [1.82, 2.24) is 5.43 Å². The maximum atomic E-state index is 12.3. The molecule has 0 saturated carbocycles. The third kappa shape index (κ3) is 6.09. The Morgan fingerprint density at radius 1 is 1.10 bits per heavy atom. The van der Waals surface area contributed by atoms with Crippen molar-refractivity contribution in [2.24, 2.45) is 5.10 Å². The van der Waals surface area contributed by atoms with E-state index < -0.39 is 5.91 Å². The number of hydrogen-bond acceptors (Lipinski definition) is 4. The molecular weight excluding hydrogens is 548 g/mol. The number of amides is 1. The van der Waals surface area contributed by atoms with E-state index in [1.54, 1.807) is 6.21 Å². The van der Waals surface area contributed by atoms with Crippen LogP contribution in [-0.2, 0) is 6.61 Å². The zero-order valence-corrected chi connectivity index (χ0v) is 20.7. The number of nitrogens with one attached hydrogen (secondary N) is 1. The molecule has 8 heteroatoms. The molecule has 0 aliphatic rings. The van der Waals surface area contributed by atoms with Crippen molar-refractivity contribution in [2.45, 2.75) is 20.5 Å². The number of aryl methyl sites for hydroxylation is 2. The molecule has 3 aromatic rings. The van der Waals surface area contributed by atoms with Gasteiger partial charge in [0.2, 0.25) is 0 Å². The van der Waals surface area contributed by atoms with Crippen LogP contribution in [0.1, 0.15) is 32.6 Å². The van der Waals surface area contributed by atoms with Crippen molar-refractivity contribution in [3.8, 4) is 11.5 Å². The molecule has 0 spiro atoms. The second-order valence-corrected chi connectivity index (χ2v) is 9.03. The van der Waals surface area contributed by atoms with Gasteiger partial charge in [-0.2, -0.15) is 5.10 Å². The summed E-state index contributed by atoms with van der Waals surface area (Å²) in [7, 11) is 0. The lowest BCUT2D eigenvalue weighted by molar-refractivity contribution is 0.0955. The number of aromatic hydroxyl groups is 1. The standard InChI is InChI=1S/C23H19Br2ClN2O3/c1-13-7-16(8-14(2)22(13)31-12-15-3-5-18(26)6-4-15)11-27-28-23(30)17-9-19(24)21(29)20(25)10-17/h3-11,29H,12H2,1-2H3,(H,28,30)/b27-11-. The van der Waals surface area contributed by atoms with Crippen LogP contribution >= 0.6 is 43.5 Å². The highest BCUT2D eigenvalue weighted by atomic mass is 79.9. The second kappa shape index (κ2) is 10.3. The monoisotopic (exact) mass is 564 g/mol. The average Bonchev–Trinajstić information content (AvgIpc) is 2.72. The molecule has 0 heterocycles. The predicted molar refractivity (Wildman–Crippen MR) is 130 cm³/mol. The average molecular weight is 567 g/mol. The highest BCUT2D eigenvalue weighted by Crippen LogP contribution is 2.33. The number of halogens is 3. The Balaban J connectivity index is 1.66. The lowest BCUT2D eigenvalue weighted by Crippen LogP contribution is -2.17. The van der Waals surface area contributed by atoms with E-state index in [9.17, 15) is 9.90 Å². The topological polar surface area (TPSA) is 70.9 Å². The number of rotatable bonds is 6. The number of hydrazone groups is 1. The van der Waals surface area contributed by atoms with Crippen LogP contribution in [-0.4, -0.2) is 17.2 Å². The molecule has 1 amide bonds. The van der Waals surface area contributed by atoms with Gasteiger partial charge in [-0.05, 0) is 104 Å². The molecule has 0 radical (unpaired) electrons. The van der Waals surface area contributed by atoms with Crippen LogP contribution in [0.2, 0.25) is 5.02 Å². The Labute approximate surface area is 202 Å². The first-order chi connectivity index (χ1) is 14.7. The number of carbonyl (C=O) groups excluding carboxylic acids is 1. The second-order valence-electron chi connectivity index (χ2n) is 6.89. The van der Waals surface area contributed by atoms with E-state index in [4.69, 9.17) is 16.3 Å². The minimum Gasteiger partial charge on any atom is -0.506 e. The normalized spacial score (nSPS) is 11.0. The summed E-state index contributed by atoms with van der Waals surface area (Å²) in [6.45, 7) is 4.37. The lowest BCUT2D eigenvalue weighted by Gasteiger charge is -2.13. The molecule has 2 N–H and O–H groups in total. The molecule has 0 bridgehead atoms. The van der Waals surface area contributed by atoms with Crippen LogP contribution in [0.15, 0.2) is 62.6 Å². The van der Waals surface area contributed by atoms with Crippen molar-refractivity contribution >= 4 is 55.6 Å². The molecule has 5 nitrogen and oxygen atoms in total. The van der Waals surface area contributed by atoms with E-state index in [1.165, 1.54) is 12.1 Å². The van der Waals surface area contributed by atoms with Crippen LogP contribution in [0.3, 0.4) is 0 Å². The molecule has 0 fully saturated rings. The Morgan fingerprint density at radius 3 is 2.26 bits per heavy atom. The number of nitrogens with zero attached hydrogens (tertiary/aromatic N) is 1. The largest absolute Gasteiger partial charge is 0.506 e. The minimum atomic E-state index is -0.394. The van der Waals surface area contributed by atoms with Gasteiger partial charge in [-0.1, -0.05) is 23.7 Å². The number of carbonyl (C=O) groups is 1. The van der Waals surface area contributed by atoms with Gasteiger partial charge in [-0.15, -0.1) is 0 Å². The number of benzene rings is 3. The third-order valence-electron chi connectivity index (χ3n) is 4.44. The Morgan fingerprint density at radius 2 is 1.68 bits per heavy atom. The first kappa shape index (κ1) is 23.3. The molecule has 31 heavy (non-hydrogen) atoms. The smallest absolute Gasteiger partial charge is 0.271 e. The van der Waals surface area contributed by atoms with Crippen molar-refractivity contribution < 1.29 is 14.6 Å². The summed E-state index contributed by atoms with van der Waals surface area (Å²) in [5.41, 5.74) is 6.64. The summed E-state index contributed by atoms with van der Waals surface area (Å²) in [4.78, 5) is 12.3. The Kier molecular flexibility index (Phi) is 7.75. The maximum Gasteiger partial charge on any atom is 0.271 e. The molecule has 0 atom stereocenters. The van der Waals surface area contributed by atoms with E-state index in [0.717, 1.165) is 28.0 Å². The van der Waals surface area contributed by atoms with Crippen molar-refractivity contribution in [3.05, 3.63) is 90.3 Å². The highest BCUT2D eigenvalue weighted by Gasteiger charge is 2.11. The van der Waals surface area contributed by atoms with Gasteiger partial charge in [0, 0.05) is 10.6 Å². The first-order valence-corrected chi connectivity index (χ1v) is 11.2. The van der Waals surface area contributed by atoms with Crippen molar-refractivity contribution in [1.29, 1.82) is 0 Å². The highest BCUT2D eigenvalue weighted by molar-refractivity contribution is 9.11. The number of hydrogen-bond donors (Lipinski definition) is 2. The molecule has 0 aliphatic heterocycles. The van der Waals surface area contributed by atoms with E-state index in [1.807, 2.05) is 50.2 Å². The van der Waals surface area contributed by atoms with Gasteiger partial charge in [-0.3, -0.25) is 4.79 Å². The molecule has 0 aliphatic carbocycles. The first-order valence-electron chi connectivity index (χ1n) is 9.24. The van der Waals surface area contributed by atoms with Crippen molar-refractivity contribution in [2.75, 3.05) is 0 Å². The number of ether oxygens (including phenoxy) is 1. The van der Waals surface area contributed by atoms with Gasteiger partial charge in [0.1, 0.15) is 18.1 Å². The van der Waals surface area contributed by atoms with Crippen molar-refractivity contribution in [3.63, 3.8) is 0 Å². The Hall–Kier alpha value is -2.35. The van der Waals surface area contributed by atoms with Crippen LogP contribution in [0, 0.1) is 13.8 Å². The molecule has 3 aromatic carbocycles.